The number of anilines is 1. The Morgan fingerprint density at radius 3 is 2.48 bits per heavy atom. The minimum absolute atomic E-state index is 0.200. The zero-order valence-corrected chi connectivity index (χ0v) is 15.0. The Labute approximate surface area is 161 Å². The first-order valence-corrected chi connectivity index (χ1v) is 8.82. The molecule has 4 nitrogen and oxygen atoms in total. The normalized spacial score (nSPS) is 12.1. The molecule has 3 aromatic carbocycles. The lowest BCUT2D eigenvalue weighted by Crippen LogP contribution is -2.14. The fraction of sp³-hybridized carbons (Fsp3) is 0.0455. The zero-order chi connectivity index (χ0) is 18.8. The largest absolute Gasteiger partial charge is 0.451 e. The third-order valence-corrected chi connectivity index (χ3v) is 4.56. The first-order valence-electron chi connectivity index (χ1n) is 8.44. The molecule has 1 heterocycles. The Balaban J connectivity index is 1.66. The molecule has 0 fully saturated rings. The van der Waals surface area contributed by atoms with E-state index in [-0.39, 0.29) is 5.76 Å². The van der Waals surface area contributed by atoms with Crippen LogP contribution in [0.3, 0.4) is 0 Å². The molecule has 0 saturated carbocycles. The molecule has 0 aliphatic rings. The van der Waals surface area contributed by atoms with Gasteiger partial charge in [-0.25, -0.2) is 0 Å². The van der Waals surface area contributed by atoms with Crippen LogP contribution < -0.4 is 5.32 Å². The number of benzene rings is 3. The Morgan fingerprint density at radius 1 is 0.963 bits per heavy atom. The van der Waals surface area contributed by atoms with Gasteiger partial charge in [0.1, 0.15) is 11.7 Å². The van der Waals surface area contributed by atoms with Crippen molar-refractivity contribution in [1.29, 1.82) is 0 Å². The highest BCUT2D eigenvalue weighted by atomic mass is 35.5. The number of hydrogen-bond acceptors (Lipinski definition) is 3. The van der Waals surface area contributed by atoms with E-state index in [1.165, 1.54) is 0 Å². The van der Waals surface area contributed by atoms with Crippen LogP contribution in [-0.2, 0) is 0 Å². The van der Waals surface area contributed by atoms with Crippen LogP contribution in [0.2, 0.25) is 5.02 Å². The molecule has 0 spiro atoms. The zero-order valence-electron chi connectivity index (χ0n) is 14.2. The number of para-hydroxylation sites is 1. The van der Waals surface area contributed by atoms with Crippen LogP contribution in [0.25, 0.3) is 11.0 Å². The SMILES string of the molecule is O=C(Nc1ccc(Cl)cc1[C@@H](O)c1ccccc1)c1cc2ccccc2o1. The smallest absolute Gasteiger partial charge is 0.291 e. The molecule has 0 aliphatic heterocycles. The van der Waals surface area contributed by atoms with Crippen LogP contribution in [0.4, 0.5) is 5.69 Å². The van der Waals surface area contributed by atoms with E-state index in [1.807, 2.05) is 48.5 Å². The van der Waals surface area contributed by atoms with Gasteiger partial charge in [0, 0.05) is 21.7 Å². The second kappa shape index (κ2) is 7.27. The molecule has 4 rings (SSSR count). The van der Waals surface area contributed by atoms with Crippen LogP contribution in [0.15, 0.2) is 83.3 Å². The van der Waals surface area contributed by atoms with Crippen LogP contribution in [0.5, 0.6) is 0 Å². The van der Waals surface area contributed by atoms with Gasteiger partial charge < -0.3 is 14.8 Å². The molecule has 0 aliphatic carbocycles. The summed E-state index contributed by atoms with van der Waals surface area (Å²) in [5.74, 6) is -0.193. The van der Waals surface area contributed by atoms with E-state index in [4.69, 9.17) is 16.0 Å². The molecule has 0 unspecified atom stereocenters. The van der Waals surface area contributed by atoms with E-state index in [2.05, 4.69) is 5.32 Å². The number of furan rings is 1. The van der Waals surface area contributed by atoms with Gasteiger partial charge in [-0.05, 0) is 35.9 Å². The maximum Gasteiger partial charge on any atom is 0.291 e. The van der Waals surface area contributed by atoms with Gasteiger partial charge in [0.05, 0.1) is 0 Å². The summed E-state index contributed by atoms with van der Waals surface area (Å²) in [4.78, 5) is 12.7. The summed E-state index contributed by atoms with van der Waals surface area (Å²) < 4.78 is 5.61. The van der Waals surface area contributed by atoms with E-state index in [0.29, 0.717) is 27.4 Å². The minimum atomic E-state index is -0.920. The average Bonchev–Trinajstić information content (AvgIpc) is 3.14. The minimum Gasteiger partial charge on any atom is -0.451 e. The van der Waals surface area contributed by atoms with Crippen molar-refractivity contribution in [3.63, 3.8) is 0 Å². The Bertz CT molecular complexity index is 1070. The maximum absolute atomic E-state index is 12.7. The van der Waals surface area contributed by atoms with Gasteiger partial charge in [-0.2, -0.15) is 0 Å². The van der Waals surface area contributed by atoms with Crippen LogP contribution in [0.1, 0.15) is 27.8 Å². The number of rotatable bonds is 4. The predicted molar refractivity (Wildman–Crippen MR) is 106 cm³/mol. The molecule has 2 N–H and O–H groups in total. The molecule has 0 saturated heterocycles. The average molecular weight is 378 g/mol. The third-order valence-electron chi connectivity index (χ3n) is 4.32. The molecule has 4 aromatic rings. The molecule has 1 amide bonds. The van der Waals surface area contributed by atoms with Crippen molar-refractivity contribution < 1.29 is 14.3 Å². The number of amides is 1. The van der Waals surface area contributed by atoms with E-state index in [1.54, 1.807) is 30.3 Å². The summed E-state index contributed by atoms with van der Waals surface area (Å²) in [6, 6.07) is 23.3. The summed E-state index contributed by atoms with van der Waals surface area (Å²) in [6.45, 7) is 0. The van der Waals surface area contributed by atoms with Gasteiger partial charge in [-0.15, -0.1) is 0 Å². The van der Waals surface area contributed by atoms with Gasteiger partial charge in [-0.3, -0.25) is 4.79 Å². The Kier molecular flexibility index (Phi) is 4.67. The van der Waals surface area contributed by atoms with E-state index in [9.17, 15) is 9.90 Å². The Morgan fingerprint density at radius 2 is 1.70 bits per heavy atom. The van der Waals surface area contributed by atoms with E-state index >= 15 is 0 Å². The number of aliphatic hydroxyl groups excluding tert-OH is 1. The molecular formula is C22H16ClNO3. The molecule has 134 valence electrons. The lowest BCUT2D eigenvalue weighted by Gasteiger charge is -2.17. The molecular weight excluding hydrogens is 362 g/mol. The summed E-state index contributed by atoms with van der Waals surface area (Å²) in [7, 11) is 0. The van der Waals surface area contributed by atoms with Crippen molar-refractivity contribution in [1.82, 2.24) is 0 Å². The quantitative estimate of drug-likeness (QED) is 0.499. The van der Waals surface area contributed by atoms with Crippen molar-refractivity contribution in [2.24, 2.45) is 0 Å². The maximum atomic E-state index is 12.7. The number of carbonyl (C=O) groups excluding carboxylic acids is 1. The van der Waals surface area contributed by atoms with Crippen molar-refractivity contribution in [3.05, 3.63) is 101 Å². The molecule has 1 aromatic heterocycles. The second-order valence-corrected chi connectivity index (χ2v) is 6.58. The van der Waals surface area contributed by atoms with Crippen molar-refractivity contribution >= 4 is 34.2 Å². The first-order chi connectivity index (χ1) is 13.1. The lowest BCUT2D eigenvalue weighted by molar-refractivity contribution is 0.0998. The first kappa shape index (κ1) is 17.3. The number of aliphatic hydroxyl groups is 1. The summed E-state index contributed by atoms with van der Waals surface area (Å²) >= 11 is 6.11. The number of carbonyl (C=O) groups is 1. The lowest BCUT2D eigenvalue weighted by atomic mass is 10.00. The molecule has 0 bridgehead atoms. The number of nitrogens with one attached hydrogen (secondary N) is 1. The highest BCUT2D eigenvalue weighted by molar-refractivity contribution is 6.30. The van der Waals surface area contributed by atoms with E-state index in [0.717, 1.165) is 5.39 Å². The topological polar surface area (TPSA) is 62.5 Å². The van der Waals surface area contributed by atoms with Crippen molar-refractivity contribution in [2.45, 2.75) is 6.10 Å². The van der Waals surface area contributed by atoms with Crippen molar-refractivity contribution in [3.8, 4) is 0 Å². The van der Waals surface area contributed by atoms with E-state index < -0.39 is 12.0 Å². The molecule has 5 heteroatoms. The third kappa shape index (κ3) is 3.58. The molecule has 1 atom stereocenters. The van der Waals surface area contributed by atoms with Gasteiger partial charge >= 0.3 is 0 Å². The van der Waals surface area contributed by atoms with Crippen molar-refractivity contribution in [2.75, 3.05) is 5.32 Å². The highest BCUT2D eigenvalue weighted by Crippen LogP contribution is 2.31. The van der Waals surface area contributed by atoms with Gasteiger partial charge in [0.25, 0.3) is 5.91 Å². The highest BCUT2D eigenvalue weighted by Gasteiger charge is 2.19. The number of halogens is 1. The standard InChI is InChI=1S/C22H16ClNO3/c23-16-10-11-18(17(13-16)21(25)14-6-2-1-3-7-14)24-22(26)20-12-15-8-4-5-9-19(15)27-20/h1-13,21,25H,(H,24,26)/t21-/m0/s1. The monoisotopic (exact) mass is 377 g/mol. The summed E-state index contributed by atoms with van der Waals surface area (Å²) in [6.07, 6.45) is -0.920. The molecule has 0 radical (unpaired) electrons. The predicted octanol–water partition coefficient (Wildman–Crippen LogP) is 5.42. The van der Waals surface area contributed by atoms with Crippen LogP contribution in [0, 0.1) is 0 Å². The summed E-state index contributed by atoms with van der Waals surface area (Å²) in [5.41, 5.74) is 2.33. The Hall–Kier alpha value is -3.08. The van der Waals surface area contributed by atoms with Crippen LogP contribution >= 0.6 is 11.6 Å². The van der Waals surface area contributed by atoms with Gasteiger partial charge in [0.15, 0.2) is 5.76 Å². The molecule has 27 heavy (non-hydrogen) atoms. The number of fused-ring (bicyclic) bond motifs is 1. The second-order valence-electron chi connectivity index (χ2n) is 6.15. The number of hydrogen-bond donors (Lipinski definition) is 2. The van der Waals surface area contributed by atoms with Crippen LogP contribution in [-0.4, -0.2) is 11.0 Å². The summed E-state index contributed by atoms with van der Waals surface area (Å²) in [5, 5.41) is 14.9. The van der Waals surface area contributed by atoms with Gasteiger partial charge in [0.2, 0.25) is 0 Å². The fourth-order valence-corrected chi connectivity index (χ4v) is 3.15. The fourth-order valence-electron chi connectivity index (χ4n) is 2.97. The van der Waals surface area contributed by atoms with Gasteiger partial charge in [-0.1, -0.05) is 60.1 Å².